The molecule has 0 aliphatic heterocycles. The Morgan fingerprint density at radius 2 is 1.88 bits per heavy atom. The molecule has 1 heterocycles. The first-order chi connectivity index (χ1) is 11.5. The lowest BCUT2D eigenvalue weighted by atomic mass is 10.2. The van der Waals surface area contributed by atoms with Gasteiger partial charge >= 0.3 is 0 Å². The number of amides is 2. The van der Waals surface area contributed by atoms with E-state index in [1.165, 1.54) is 11.8 Å². The van der Waals surface area contributed by atoms with E-state index in [0.717, 1.165) is 11.4 Å². The standard InChI is InChI=1S/C16H21N5O2S/c1-11(2)18-13(22)9-17-14(23)10-24-16-20-19-15(21(16)3)12-7-5-4-6-8-12/h4-8,11H,9-10H2,1-3H3,(H,17,23)(H,18,22). The topological polar surface area (TPSA) is 88.9 Å². The van der Waals surface area contributed by atoms with Crippen LogP contribution in [-0.2, 0) is 16.6 Å². The molecule has 0 saturated heterocycles. The minimum atomic E-state index is -0.219. The molecule has 1 aromatic carbocycles. The maximum Gasteiger partial charge on any atom is 0.239 e. The highest BCUT2D eigenvalue weighted by atomic mass is 32.2. The number of nitrogens with zero attached hydrogens (tertiary/aromatic N) is 3. The fourth-order valence-electron chi connectivity index (χ4n) is 2.01. The third-order valence-corrected chi connectivity index (χ3v) is 4.12. The summed E-state index contributed by atoms with van der Waals surface area (Å²) in [6.07, 6.45) is 0. The Kier molecular flexibility index (Phi) is 6.36. The Hall–Kier alpha value is -2.35. The summed E-state index contributed by atoms with van der Waals surface area (Å²) in [5, 5.41) is 14.2. The highest BCUT2D eigenvalue weighted by Crippen LogP contribution is 2.21. The first kappa shape index (κ1) is 18.0. The Balaban J connectivity index is 1.86. The molecule has 0 saturated carbocycles. The molecule has 0 aliphatic rings. The van der Waals surface area contributed by atoms with E-state index < -0.39 is 0 Å². The van der Waals surface area contributed by atoms with Crippen LogP contribution in [0.15, 0.2) is 35.5 Å². The summed E-state index contributed by atoms with van der Waals surface area (Å²) in [6, 6.07) is 9.78. The maximum absolute atomic E-state index is 11.8. The number of aromatic nitrogens is 3. The van der Waals surface area contributed by atoms with Crippen LogP contribution in [0.2, 0.25) is 0 Å². The minimum Gasteiger partial charge on any atom is -0.352 e. The van der Waals surface area contributed by atoms with Crippen molar-refractivity contribution in [3.63, 3.8) is 0 Å². The molecule has 0 spiro atoms. The number of benzene rings is 1. The van der Waals surface area contributed by atoms with E-state index in [1.54, 1.807) is 0 Å². The zero-order valence-corrected chi connectivity index (χ0v) is 14.8. The second kappa shape index (κ2) is 8.49. The molecule has 2 amide bonds. The van der Waals surface area contributed by atoms with Crippen molar-refractivity contribution >= 4 is 23.6 Å². The van der Waals surface area contributed by atoms with Gasteiger partial charge in [-0.2, -0.15) is 0 Å². The van der Waals surface area contributed by atoms with Crippen molar-refractivity contribution in [2.45, 2.75) is 25.0 Å². The van der Waals surface area contributed by atoms with Crippen LogP contribution in [0.4, 0.5) is 0 Å². The molecule has 7 nitrogen and oxygen atoms in total. The number of thioether (sulfide) groups is 1. The Morgan fingerprint density at radius 3 is 2.54 bits per heavy atom. The monoisotopic (exact) mass is 347 g/mol. The van der Waals surface area contributed by atoms with Crippen LogP contribution in [0.1, 0.15) is 13.8 Å². The third-order valence-electron chi connectivity index (χ3n) is 3.10. The van der Waals surface area contributed by atoms with Crippen LogP contribution in [0.25, 0.3) is 11.4 Å². The van der Waals surface area contributed by atoms with Crippen LogP contribution in [0, 0.1) is 0 Å². The lowest BCUT2D eigenvalue weighted by Crippen LogP contribution is -2.40. The molecule has 2 rings (SSSR count). The maximum atomic E-state index is 11.8. The number of hydrogen-bond donors (Lipinski definition) is 2. The summed E-state index contributed by atoms with van der Waals surface area (Å²) < 4.78 is 1.85. The lowest BCUT2D eigenvalue weighted by molar-refractivity contribution is -0.125. The molecule has 0 fully saturated rings. The van der Waals surface area contributed by atoms with Gasteiger partial charge in [-0.3, -0.25) is 9.59 Å². The summed E-state index contributed by atoms with van der Waals surface area (Å²) in [5.74, 6) is 0.502. The van der Waals surface area contributed by atoms with Crippen molar-refractivity contribution < 1.29 is 9.59 Å². The summed E-state index contributed by atoms with van der Waals surface area (Å²) in [5.41, 5.74) is 0.967. The van der Waals surface area contributed by atoms with Gasteiger partial charge in [-0.15, -0.1) is 10.2 Å². The molecule has 0 aliphatic carbocycles. The van der Waals surface area contributed by atoms with Gasteiger partial charge in [-0.05, 0) is 13.8 Å². The number of hydrogen-bond acceptors (Lipinski definition) is 5. The average molecular weight is 347 g/mol. The summed E-state index contributed by atoms with van der Waals surface area (Å²) >= 11 is 1.28. The highest BCUT2D eigenvalue weighted by Gasteiger charge is 2.13. The molecular formula is C16H21N5O2S. The molecule has 0 radical (unpaired) electrons. The van der Waals surface area contributed by atoms with Crippen molar-refractivity contribution in [2.75, 3.05) is 12.3 Å². The predicted octanol–water partition coefficient (Wildman–Crippen LogP) is 1.21. The van der Waals surface area contributed by atoms with Crippen LogP contribution in [-0.4, -0.2) is 44.9 Å². The molecule has 128 valence electrons. The Morgan fingerprint density at radius 1 is 1.17 bits per heavy atom. The zero-order valence-electron chi connectivity index (χ0n) is 13.9. The normalized spacial score (nSPS) is 10.7. The largest absolute Gasteiger partial charge is 0.352 e. The molecule has 1 aromatic heterocycles. The smallest absolute Gasteiger partial charge is 0.239 e. The second-order valence-corrected chi connectivity index (χ2v) is 6.46. The fourth-order valence-corrected chi connectivity index (χ4v) is 2.75. The quantitative estimate of drug-likeness (QED) is 0.735. The molecule has 2 aromatic rings. The average Bonchev–Trinajstić information content (AvgIpc) is 2.92. The van der Waals surface area contributed by atoms with Crippen LogP contribution >= 0.6 is 11.8 Å². The first-order valence-corrected chi connectivity index (χ1v) is 8.59. The van der Waals surface area contributed by atoms with E-state index in [-0.39, 0.29) is 30.2 Å². The van der Waals surface area contributed by atoms with Gasteiger partial charge in [0.05, 0.1) is 12.3 Å². The van der Waals surface area contributed by atoms with E-state index in [0.29, 0.717) is 5.16 Å². The van der Waals surface area contributed by atoms with E-state index in [9.17, 15) is 9.59 Å². The summed E-state index contributed by atoms with van der Waals surface area (Å²) in [4.78, 5) is 23.3. The predicted molar refractivity (Wildman–Crippen MR) is 93.5 cm³/mol. The fraction of sp³-hybridized carbons (Fsp3) is 0.375. The third kappa shape index (κ3) is 5.09. The van der Waals surface area contributed by atoms with Gasteiger partial charge in [0, 0.05) is 18.7 Å². The SMILES string of the molecule is CC(C)NC(=O)CNC(=O)CSc1nnc(-c2ccccc2)n1C. The van der Waals surface area contributed by atoms with Gasteiger partial charge in [0.1, 0.15) is 0 Å². The molecule has 8 heteroatoms. The molecule has 0 unspecified atom stereocenters. The van der Waals surface area contributed by atoms with Gasteiger partial charge in [-0.25, -0.2) is 0 Å². The molecule has 0 bridgehead atoms. The lowest BCUT2D eigenvalue weighted by Gasteiger charge is -2.09. The number of nitrogens with one attached hydrogen (secondary N) is 2. The van der Waals surface area contributed by atoms with Gasteiger partial charge in [0.25, 0.3) is 0 Å². The van der Waals surface area contributed by atoms with Gasteiger partial charge < -0.3 is 15.2 Å². The highest BCUT2D eigenvalue weighted by molar-refractivity contribution is 7.99. The van der Waals surface area contributed by atoms with E-state index in [2.05, 4.69) is 20.8 Å². The molecule has 2 N–H and O–H groups in total. The minimum absolute atomic E-state index is 0.0222. The summed E-state index contributed by atoms with van der Waals surface area (Å²) in [6.45, 7) is 3.72. The zero-order chi connectivity index (χ0) is 17.5. The van der Waals surface area contributed by atoms with Gasteiger partial charge in [0.15, 0.2) is 11.0 Å². The van der Waals surface area contributed by atoms with Gasteiger partial charge in [0.2, 0.25) is 11.8 Å². The number of rotatable bonds is 7. The van der Waals surface area contributed by atoms with Crippen molar-refractivity contribution in [2.24, 2.45) is 7.05 Å². The Labute approximate surface area is 145 Å². The van der Waals surface area contributed by atoms with E-state index >= 15 is 0 Å². The van der Waals surface area contributed by atoms with Gasteiger partial charge in [-0.1, -0.05) is 42.1 Å². The molecule has 24 heavy (non-hydrogen) atoms. The Bertz CT molecular complexity index is 700. The van der Waals surface area contributed by atoms with E-state index in [4.69, 9.17) is 0 Å². The van der Waals surface area contributed by atoms with Crippen molar-refractivity contribution in [3.8, 4) is 11.4 Å². The van der Waals surface area contributed by atoms with Crippen molar-refractivity contribution in [1.29, 1.82) is 0 Å². The molecular weight excluding hydrogens is 326 g/mol. The van der Waals surface area contributed by atoms with Crippen molar-refractivity contribution in [1.82, 2.24) is 25.4 Å². The first-order valence-electron chi connectivity index (χ1n) is 7.61. The van der Waals surface area contributed by atoms with Crippen LogP contribution in [0.5, 0.6) is 0 Å². The van der Waals surface area contributed by atoms with Crippen LogP contribution in [0.3, 0.4) is 0 Å². The number of carbonyl (C=O) groups excluding carboxylic acids is 2. The van der Waals surface area contributed by atoms with Crippen molar-refractivity contribution in [3.05, 3.63) is 30.3 Å². The number of carbonyl (C=O) groups is 2. The second-order valence-electron chi connectivity index (χ2n) is 5.52. The summed E-state index contributed by atoms with van der Waals surface area (Å²) in [7, 11) is 1.86. The molecule has 0 atom stereocenters. The van der Waals surface area contributed by atoms with Crippen LogP contribution < -0.4 is 10.6 Å². The van der Waals surface area contributed by atoms with E-state index in [1.807, 2.05) is 55.8 Å².